The number of carbonyl (C=O) groups excluding carboxylic acids is 4. The third-order valence-electron chi connectivity index (χ3n) is 11.6. The van der Waals surface area contributed by atoms with Gasteiger partial charge >= 0.3 is 0 Å². The minimum absolute atomic E-state index is 0.148. The van der Waals surface area contributed by atoms with Crippen molar-refractivity contribution >= 4 is 80.2 Å². The molecule has 0 bridgehead atoms. The maximum absolute atomic E-state index is 13.4. The number of aryl methyl sites for hydroxylation is 1. The summed E-state index contributed by atoms with van der Waals surface area (Å²) in [6.07, 6.45) is 8.61. The van der Waals surface area contributed by atoms with Crippen LogP contribution >= 0.6 is 34.8 Å². The highest BCUT2D eigenvalue weighted by atomic mass is 35.5. The van der Waals surface area contributed by atoms with Crippen molar-refractivity contribution in [3.05, 3.63) is 70.0 Å². The number of hydrogen-bond acceptors (Lipinski definition) is 6. The Labute approximate surface area is 379 Å². The molecule has 62 heavy (non-hydrogen) atoms. The molecule has 332 valence electrons. The average Bonchev–Trinajstić information content (AvgIpc) is 3.83. The summed E-state index contributed by atoms with van der Waals surface area (Å²) in [5.41, 5.74) is 2.67. The molecular formula is C47H59Cl3N8O4. The van der Waals surface area contributed by atoms with Crippen molar-refractivity contribution in [3.8, 4) is 12.1 Å². The first-order chi connectivity index (χ1) is 29.7. The van der Waals surface area contributed by atoms with Gasteiger partial charge in [-0.05, 0) is 93.2 Å². The van der Waals surface area contributed by atoms with E-state index in [1.807, 2.05) is 62.6 Å². The van der Waals surface area contributed by atoms with Crippen LogP contribution in [0.25, 0.3) is 21.8 Å². The molecule has 2 aliphatic rings. The van der Waals surface area contributed by atoms with Crippen molar-refractivity contribution in [1.29, 1.82) is 10.5 Å². The lowest BCUT2D eigenvalue weighted by Crippen LogP contribution is -2.50. The van der Waals surface area contributed by atoms with Crippen molar-refractivity contribution in [2.45, 2.75) is 129 Å². The van der Waals surface area contributed by atoms with Gasteiger partial charge in [-0.3, -0.25) is 19.2 Å². The number of H-pyrrole nitrogens is 1. The van der Waals surface area contributed by atoms with Gasteiger partial charge in [-0.2, -0.15) is 10.5 Å². The Kier molecular flexibility index (Phi) is 18.0. The second kappa shape index (κ2) is 23.1. The normalized spacial score (nSPS) is 19.7. The first-order valence-corrected chi connectivity index (χ1v) is 23.1. The van der Waals surface area contributed by atoms with Crippen LogP contribution in [0, 0.1) is 46.3 Å². The van der Waals surface area contributed by atoms with Crippen molar-refractivity contribution in [2.75, 3.05) is 5.88 Å². The van der Waals surface area contributed by atoms with Crippen LogP contribution in [0.5, 0.6) is 0 Å². The number of alkyl halides is 1. The van der Waals surface area contributed by atoms with Gasteiger partial charge in [0.1, 0.15) is 23.5 Å². The second-order valence-corrected chi connectivity index (χ2v) is 18.7. The Bertz CT molecular complexity index is 2270. The Morgan fingerprint density at radius 1 is 0.726 bits per heavy atom. The molecule has 2 aromatic carbocycles. The first-order valence-electron chi connectivity index (χ1n) is 21.9. The number of benzene rings is 2. The van der Waals surface area contributed by atoms with Gasteiger partial charge < -0.3 is 30.8 Å². The number of aromatic amines is 1. The first kappa shape index (κ1) is 48.3. The molecule has 2 fully saturated rings. The standard InChI is InChI=1S/C25H32Cl2N4O2.C22H27ClN4O2/c1-16(2)12-19(15-28)29-24(32)20-6-3-4-7-21(20)30-25(33)23-13-17-8-9-18(27)14-22(17)31(23)11-5-10-26;1-13(2)9-16(12-24)25-21(28)17-5-3-4-6-18(17)27-22(29)20-10-14-7-8-15(23)11-19(14)26-20/h8-9,13-14,16,19-21H,3-7,10-12H2,1-2H3,(H,29,32)(H,30,33);7-8,10-11,13,16-18,26H,3-6,9H2,1-2H3,(H,25,28)(H,27,29)/t19-,20+,21-;16-,17+,18-/m00/s1. The molecule has 2 aromatic heterocycles. The Hall–Kier alpha value is -4.75. The number of nitrogens with one attached hydrogen (secondary N) is 5. The number of nitriles is 2. The number of rotatable bonds is 15. The molecule has 5 N–H and O–H groups in total. The van der Waals surface area contributed by atoms with Gasteiger partial charge in [0, 0.05) is 50.8 Å². The lowest BCUT2D eigenvalue weighted by Gasteiger charge is -2.32. The van der Waals surface area contributed by atoms with Crippen LogP contribution in [0.15, 0.2) is 48.5 Å². The Morgan fingerprint density at radius 2 is 1.24 bits per heavy atom. The molecule has 0 radical (unpaired) electrons. The monoisotopic (exact) mass is 904 g/mol. The lowest BCUT2D eigenvalue weighted by atomic mass is 9.83. The fourth-order valence-corrected chi connectivity index (χ4v) is 9.07. The molecule has 4 aromatic rings. The topological polar surface area (TPSA) is 185 Å². The largest absolute Gasteiger partial charge is 0.350 e. The van der Waals surface area contributed by atoms with E-state index < -0.39 is 12.1 Å². The molecule has 6 rings (SSSR count). The van der Waals surface area contributed by atoms with Crippen molar-refractivity contribution in [3.63, 3.8) is 0 Å². The summed E-state index contributed by atoms with van der Waals surface area (Å²) in [4.78, 5) is 55.1. The maximum Gasteiger partial charge on any atom is 0.268 e. The number of halogens is 3. The SMILES string of the molecule is CC(C)C[C@@H](C#N)NC(=O)[C@@H]1CCCC[C@@H]1NC(=O)c1cc2ccc(Cl)cc2[nH]1.CC(C)C[C@@H](C#N)NC(=O)[C@@H]1CCCC[C@@H]1NC(=O)c1cc2ccc(Cl)cc2n1CCCCl. The van der Waals surface area contributed by atoms with E-state index in [2.05, 4.69) is 38.4 Å². The summed E-state index contributed by atoms with van der Waals surface area (Å²) in [6.45, 7) is 8.69. The minimum Gasteiger partial charge on any atom is -0.350 e. The zero-order valence-corrected chi connectivity index (χ0v) is 38.3. The van der Waals surface area contributed by atoms with Crippen LogP contribution in [0.2, 0.25) is 10.0 Å². The molecule has 0 spiro atoms. The summed E-state index contributed by atoms with van der Waals surface area (Å²) >= 11 is 18.1. The third kappa shape index (κ3) is 13.1. The van der Waals surface area contributed by atoms with E-state index in [0.717, 1.165) is 66.8 Å². The molecule has 15 heteroatoms. The summed E-state index contributed by atoms with van der Waals surface area (Å²) in [5.74, 6) is -0.301. The number of amides is 4. The van der Waals surface area contributed by atoms with Crippen molar-refractivity contribution in [2.24, 2.45) is 23.7 Å². The number of hydrogen-bond donors (Lipinski definition) is 5. The molecule has 4 amide bonds. The Morgan fingerprint density at radius 3 is 1.77 bits per heavy atom. The van der Waals surface area contributed by atoms with Gasteiger partial charge in [0.2, 0.25) is 11.8 Å². The minimum atomic E-state index is -0.515. The quantitative estimate of drug-likeness (QED) is 0.0740. The number of aromatic nitrogens is 2. The summed E-state index contributed by atoms with van der Waals surface area (Å²) in [5, 5.41) is 33.7. The van der Waals surface area contributed by atoms with E-state index in [0.29, 0.717) is 71.4 Å². The number of nitrogens with zero attached hydrogens (tertiary/aromatic N) is 3. The predicted molar refractivity (Wildman–Crippen MR) is 246 cm³/mol. The molecule has 0 saturated heterocycles. The fraction of sp³-hybridized carbons (Fsp3) is 0.532. The molecule has 6 atom stereocenters. The van der Waals surface area contributed by atoms with Crippen LogP contribution in [0.1, 0.15) is 119 Å². The van der Waals surface area contributed by atoms with Crippen molar-refractivity contribution in [1.82, 2.24) is 30.8 Å². The fourth-order valence-electron chi connectivity index (χ4n) is 8.61. The second-order valence-electron chi connectivity index (χ2n) is 17.4. The number of fused-ring (bicyclic) bond motifs is 2. The van der Waals surface area contributed by atoms with E-state index in [9.17, 15) is 29.7 Å². The predicted octanol–water partition coefficient (Wildman–Crippen LogP) is 9.43. The van der Waals surface area contributed by atoms with Gasteiger partial charge in [-0.25, -0.2) is 0 Å². The molecule has 2 saturated carbocycles. The molecular weight excluding hydrogens is 847 g/mol. The highest BCUT2D eigenvalue weighted by molar-refractivity contribution is 6.31. The summed E-state index contributed by atoms with van der Waals surface area (Å²) in [7, 11) is 0. The highest BCUT2D eigenvalue weighted by Gasteiger charge is 2.35. The molecule has 2 aliphatic carbocycles. The maximum atomic E-state index is 13.4. The molecule has 0 unspecified atom stereocenters. The van der Waals surface area contributed by atoms with E-state index in [-0.39, 0.29) is 47.5 Å². The molecule has 2 heterocycles. The van der Waals surface area contributed by atoms with Crippen LogP contribution in [-0.2, 0) is 16.1 Å². The van der Waals surface area contributed by atoms with E-state index >= 15 is 0 Å². The van der Waals surface area contributed by atoms with Crippen LogP contribution in [0.3, 0.4) is 0 Å². The van der Waals surface area contributed by atoms with Gasteiger partial charge in [0.05, 0.1) is 29.5 Å². The lowest BCUT2D eigenvalue weighted by molar-refractivity contribution is -0.128. The third-order valence-corrected chi connectivity index (χ3v) is 12.4. The van der Waals surface area contributed by atoms with Gasteiger partial charge in [0.15, 0.2) is 0 Å². The number of carbonyl (C=O) groups is 4. The van der Waals surface area contributed by atoms with Crippen LogP contribution < -0.4 is 21.3 Å². The van der Waals surface area contributed by atoms with Crippen LogP contribution in [-0.4, -0.2) is 63.2 Å². The highest BCUT2D eigenvalue weighted by Crippen LogP contribution is 2.29. The summed E-state index contributed by atoms with van der Waals surface area (Å²) < 4.78 is 1.95. The van der Waals surface area contributed by atoms with Crippen molar-refractivity contribution < 1.29 is 19.2 Å². The van der Waals surface area contributed by atoms with E-state index in [4.69, 9.17) is 34.8 Å². The van der Waals surface area contributed by atoms with Crippen LogP contribution in [0.4, 0.5) is 0 Å². The smallest absolute Gasteiger partial charge is 0.268 e. The zero-order valence-electron chi connectivity index (χ0n) is 36.0. The molecule has 12 nitrogen and oxygen atoms in total. The molecule has 0 aliphatic heterocycles. The average molecular weight is 906 g/mol. The van der Waals surface area contributed by atoms with E-state index in [1.165, 1.54) is 0 Å². The van der Waals surface area contributed by atoms with Gasteiger partial charge in [-0.15, -0.1) is 11.6 Å². The van der Waals surface area contributed by atoms with Gasteiger partial charge in [0.25, 0.3) is 11.8 Å². The zero-order chi connectivity index (χ0) is 44.9. The summed E-state index contributed by atoms with van der Waals surface area (Å²) in [6, 6.07) is 17.5. The van der Waals surface area contributed by atoms with E-state index in [1.54, 1.807) is 18.2 Å². The van der Waals surface area contributed by atoms with Gasteiger partial charge in [-0.1, -0.05) is 88.7 Å². The Balaban J connectivity index is 0.000000236.